The first kappa shape index (κ1) is 12.4. The van der Waals surface area contributed by atoms with Crippen molar-refractivity contribution in [2.75, 3.05) is 19.6 Å². The third kappa shape index (κ3) is 3.20. The Balaban J connectivity index is 2.34. The van der Waals surface area contributed by atoms with E-state index in [-0.39, 0.29) is 19.6 Å². The Kier molecular flexibility index (Phi) is 4.24. The number of carbonyl (C=O) groups excluding carboxylic acids is 3. The van der Waals surface area contributed by atoms with Crippen LogP contribution in [0.2, 0.25) is 0 Å². The van der Waals surface area contributed by atoms with Gasteiger partial charge < -0.3 is 15.7 Å². The van der Waals surface area contributed by atoms with Crippen molar-refractivity contribution in [2.24, 2.45) is 0 Å². The fourth-order valence-corrected chi connectivity index (χ4v) is 1.19. The van der Waals surface area contributed by atoms with E-state index in [1.807, 2.05) is 0 Å². The highest BCUT2D eigenvalue weighted by Crippen LogP contribution is 1.97. The van der Waals surface area contributed by atoms with Gasteiger partial charge in [-0.05, 0) is 6.42 Å². The largest absolute Gasteiger partial charge is 0.391 e. The minimum absolute atomic E-state index is 0.0658. The number of nitrogens with zero attached hydrogens (tertiary/aromatic N) is 1. The SMILES string of the molecule is CCC(O)CNC(=O)CN1C(=O)CNC1=O. The average molecular weight is 229 g/mol. The molecule has 0 spiro atoms. The molecule has 1 unspecified atom stereocenters. The summed E-state index contributed by atoms with van der Waals surface area (Å²) in [5.74, 6) is -0.880. The van der Waals surface area contributed by atoms with Crippen molar-refractivity contribution in [3.05, 3.63) is 0 Å². The highest BCUT2D eigenvalue weighted by atomic mass is 16.3. The zero-order valence-electron chi connectivity index (χ0n) is 9.02. The Morgan fingerprint density at radius 1 is 1.62 bits per heavy atom. The summed E-state index contributed by atoms with van der Waals surface area (Å²) in [4.78, 5) is 34.4. The molecule has 1 heterocycles. The Bertz CT molecular complexity index is 289. The Hall–Kier alpha value is -1.63. The van der Waals surface area contributed by atoms with Crippen LogP contribution >= 0.6 is 0 Å². The lowest BCUT2D eigenvalue weighted by atomic mass is 10.3. The Morgan fingerprint density at radius 2 is 2.31 bits per heavy atom. The summed E-state index contributed by atoms with van der Waals surface area (Å²) in [5, 5.41) is 13.9. The highest BCUT2D eigenvalue weighted by molar-refractivity contribution is 6.04. The smallest absolute Gasteiger partial charge is 0.325 e. The predicted molar refractivity (Wildman–Crippen MR) is 54.4 cm³/mol. The highest BCUT2D eigenvalue weighted by Gasteiger charge is 2.29. The summed E-state index contributed by atoms with van der Waals surface area (Å²) in [6.07, 6.45) is -0.0734. The number of aliphatic hydroxyl groups excluding tert-OH is 1. The van der Waals surface area contributed by atoms with Gasteiger partial charge in [0, 0.05) is 6.54 Å². The summed E-state index contributed by atoms with van der Waals surface area (Å²) in [6.45, 7) is 1.54. The van der Waals surface area contributed by atoms with Crippen molar-refractivity contribution < 1.29 is 19.5 Å². The fourth-order valence-electron chi connectivity index (χ4n) is 1.19. The number of hydrogen-bond donors (Lipinski definition) is 3. The van der Waals surface area contributed by atoms with Gasteiger partial charge in [-0.1, -0.05) is 6.92 Å². The molecule has 1 fully saturated rings. The average Bonchev–Trinajstić information content (AvgIpc) is 2.57. The number of carbonyl (C=O) groups is 3. The van der Waals surface area contributed by atoms with Crippen LogP contribution < -0.4 is 10.6 Å². The molecule has 1 saturated heterocycles. The van der Waals surface area contributed by atoms with E-state index in [2.05, 4.69) is 10.6 Å². The third-order valence-electron chi connectivity index (χ3n) is 2.24. The number of rotatable bonds is 5. The van der Waals surface area contributed by atoms with Crippen LogP contribution in [0.1, 0.15) is 13.3 Å². The number of hydrogen-bond acceptors (Lipinski definition) is 4. The van der Waals surface area contributed by atoms with E-state index >= 15 is 0 Å². The molecule has 3 N–H and O–H groups in total. The quantitative estimate of drug-likeness (QED) is 0.496. The van der Waals surface area contributed by atoms with Gasteiger partial charge in [-0.2, -0.15) is 0 Å². The minimum Gasteiger partial charge on any atom is -0.391 e. The normalized spacial score (nSPS) is 17.2. The summed E-state index contributed by atoms with van der Waals surface area (Å²) >= 11 is 0. The number of amides is 4. The summed E-state index contributed by atoms with van der Waals surface area (Å²) in [7, 11) is 0. The maximum Gasteiger partial charge on any atom is 0.325 e. The molecule has 0 aromatic heterocycles. The molecular weight excluding hydrogens is 214 g/mol. The van der Waals surface area contributed by atoms with Crippen LogP contribution in [0.3, 0.4) is 0 Å². The maximum absolute atomic E-state index is 11.3. The summed E-state index contributed by atoms with van der Waals surface area (Å²) in [6, 6.07) is -0.559. The van der Waals surface area contributed by atoms with Gasteiger partial charge in [0.15, 0.2) is 0 Å². The van der Waals surface area contributed by atoms with Crippen molar-refractivity contribution in [2.45, 2.75) is 19.4 Å². The lowest BCUT2D eigenvalue weighted by Gasteiger charge is -2.13. The molecule has 7 heteroatoms. The number of urea groups is 1. The zero-order chi connectivity index (χ0) is 12.1. The lowest BCUT2D eigenvalue weighted by molar-refractivity contribution is -0.130. The van der Waals surface area contributed by atoms with E-state index in [0.717, 1.165) is 4.90 Å². The topological polar surface area (TPSA) is 98.7 Å². The first-order chi connectivity index (χ1) is 7.54. The first-order valence-electron chi connectivity index (χ1n) is 5.07. The molecule has 0 saturated carbocycles. The second-order valence-corrected chi connectivity index (χ2v) is 3.50. The van der Waals surface area contributed by atoms with Gasteiger partial charge in [-0.3, -0.25) is 14.5 Å². The molecule has 0 aromatic carbocycles. The monoisotopic (exact) mass is 229 g/mol. The Morgan fingerprint density at radius 3 is 2.81 bits per heavy atom. The molecular formula is C9H15N3O4. The van der Waals surface area contributed by atoms with E-state index in [4.69, 9.17) is 0 Å². The minimum atomic E-state index is -0.605. The Labute approximate surface area is 92.8 Å². The van der Waals surface area contributed by atoms with Crippen molar-refractivity contribution in [3.63, 3.8) is 0 Å². The van der Waals surface area contributed by atoms with Gasteiger partial charge in [0.2, 0.25) is 5.91 Å². The second kappa shape index (κ2) is 5.45. The van der Waals surface area contributed by atoms with E-state index in [1.165, 1.54) is 0 Å². The molecule has 1 aliphatic heterocycles. The van der Waals surface area contributed by atoms with Crippen LogP contribution in [0, 0.1) is 0 Å². The molecule has 0 bridgehead atoms. The number of aliphatic hydroxyl groups is 1. The lowest BCUT2D eigenvalue weighted by Crippen LogP contribution is -2.42. The van der Waals surface area contributed by atoms with E-state index in [9.17, 15) is 19.5 Å². The van der Waals surface area contributed by atoms with E-state index in [1.54, 1.807) is 6.92 Å². The third-order valence-corrected chi connectivity index (χ3v) is 2.24. The zero-order valence-corrected chi connectivity index (χ0v) is 9.02. The van der Waals surface area contributed by atoms with Crippen molar-refractivity contribution >= 4 is 17.8 Å². The van der Waals surface area contributed by atoms with Crippen LogP contribution in [0.5, 0.6) is 0 Å². The molecule has 1 atom stereocenters. The van der Waals surface area contributed by atoms with Crippen molar-refractivity contribution in [1.29, 1.82) is 0 Å². The predicted octanol–water partition coefficient (Wildman–Crippen LogP) is -1.57. The van der Waals surface area contributed by atoms with E-state index < -0.39 is 23.9 Å². The number of imide groups is 1. The molecule has 1 aliphatic rings. The maximum atomic E-state index is 11.3. The molecule has 16 heavy (non-hydrogen) atoms. The second-order valence-electron chi connectivity index (χ2n) is 3.50. The fraction of sp³-hybridized carbons (Fsp3) is 0.667. The van der Waals surface area contributed by atoms with Gasteiger partial charge in [0.05, 0.1) is 12.6 Å². The van der Waals surface area contributed by atoms with Gasteiger partial charge >= 0.3 is 6.03 Å². The standard InChI is InChI=1S/C9H15N3O4/c1-2-6(13)3-10-7(14)5-12-8(15)4-11-9(12)16/h6,13H,2-5H2,1H3,(H,10,14)(H,11,16). The molecule has 0 radical (unpaired) electrons. The van der Waals surface area contributed by atoms with Crippen LogP contribution in [0.4, 0.5) is 4.79 Å². The molecule has 7 nitrogen and oxygen atoms in total. The van der Waals surface area contributed by atoms with Crippen molar-refractivity contribution in [1.82, 2.24) is 15.5 Å². The molecule has 0 aliphatic carbocycles. The molecule has 1 rings (SSSR count). The summed E-state index contributed by atoms with van der Waals surface area (Å²) in [5.41, 5.74) is 0. The van der Waals surface area contributed by atoms with Crippen LogP contribution in [-0.2, 0) is 9.59 Å². The molecule has 90 valence electrons. The molecule has 4 amide bonds. The first-order valence-corrected chi connectivity index (χ1v) is 5.07. The number of nitrogens with one attached hydrogen (secondary N) is 2. The molecule has 0 aromatic rings. The van der Waals surface area contributed by atoms with Crippen LogP contribution in [-0.4, -0.2) is 53.6 Å². The van der Waals surface area contributed by atoms with E-state index in [0.29, 0.717) is 6.42 Å². The van der Waals surface area contributed by atoms with Gasteiger partial charge in [-0.15, -0.1) is 0 Å². The summed E-state index contributed by atoms with van der Waals surface area (Å²) < 4.78 is 0. The van der Waals surface area contributed by atoms with Crippen LogP contribution in [0.15, 0.2) is 0 Å². The van der Waals surface area contributed by atoms with Crippen molar-refractivity contribution in [3.8, 4) is 0 Å². The van der Waals surface area contributed by atoms with Gasteiger partial charge in [0.25, 0.3) is 5.91 Å². The van der Waals surface area contributed by atoms with Gasteiger partial charge in [-0.25, -0.2) is 4.79 Å². The van der Waals surface area contributed by atoms with Gasteiger partial charge in [0.1, 0.15) is 6.54 Å². The van der Waals surface area contributed by atoms with Crippen LogP contribution in [0.25, 0.3) is 0 Å².